The van der Waals surface area contributed by atoms with Crippen LogP contribution in [-0.4, -0.2) is 19.5 Å². The topological polar surface area (TPSA) is 56.7 Å². The average molecular weight is 731 g/mol. The molecule has 5 nitrogen and oxygen atoms in total. The third-order valence-electron chi connectivity index (χ3n) is 11.2. The summed E-state index contributed by atoms with van der Waals surface area (Å²) in [6.45, 7) is 0. The molecule has 0 radical (unpaired) electrons. The summed E-state index contributed by atoms with van der Waals surface area (Å²) in [6, 6.07) is 72.2. The third-order valence-corrected chi connectivity index (χ3v) is 11.2. The zero-order valence-corrected chi connectivity index (χ0v) is 30.8. The van der Waals surface area contributed by atoms with Gasteiger partial charge in [-0.3, -0.25) is 4.57 Å². The number of benzene rings is 8. The highest BCUT2D eigenvalue weighted by atomic mass is 16.3. The first-order valence-corrected chi connectivity index (χ1v) is 19.2. The normalized spacial score (nSPS) is 11.9. The van der Waals surface area contributed by atoms with Crippen molar-refractivity contribution in [3.8, 4) is 28.7 Å². The molecule has 0 saturated heterocycles. The molecule has 0 aliphatic heterocycles. The summed E-state index contributed by atoms with van der Waals surface area (Å²) in [5.74, 6) is 1.65. The molecule has 268 valence electrons. The molecular formula is C52H34N4O. The fraction of sp³-hybridized carbons (Fsp3) is 0.0192. The van der Waals surface area contributed by atoms with Crippen molar-refractivity contribution in [3.63, 3.8) is 0 Å². The lowest BCUT2D eigenvalue weighted by molar-refractivity contribution is 0.669. The number of fused-ring (bicyclic) bond motifs is 6. The minimum Gasteiger partial charge on any atom is -0.455 e. The van der Waals surface area contributed by atoms with Gasteiger partial charge in [0.25, 0.3) is 0 Å². The summed E-state index contributed by atoms with van der Waals surface area (Å²) >= 11 is 0. The van der Waals surface area contributed by atoms with Gasteiger partial charge in [-0.2, -0.15) is 9.97 Å². The van der Waals surface area contributed by atoms with Gasteiger partial charge in [0, 0.05) is 27.1 Å². The number of hydrogen-bond acceptors (Lipinski definition) is 4. The molecule has 0 bridgehead atoms. The Bertz CT molecular complexity index is 3070. The lowest BCUT2D eigenvalue weighted by Gasteiger charge is -2.37. The second-order valence-corrected chi connectivity index (χ2v) is 14.4. The Morgan fingerprint density at radius 2 is 0.842 bits per heavy atom. The molecule has 11 aromatic rings. The van der Waals surface area contributed by atoms with E-state index >= 15 is 0 Å². The van der Waals surface area contributed by atoms with E-state index in [-0.39, 0.29) is 0 Å². The van der Waals surface area contributed by atoms with Crippen molar-refractivity contribution in [1.82, 2.24) is 19.5 Å². The Labute approximate surface area is 329 Å². The van der Waals surface area contributed by atoms with Gasteiger partial charge in [-0.25, -0.2) is 4.98 Å². The molecule has 0 amide bonds. The molecule has 0 unspecified atom stereocenters. The van der Waals surface area contributed by atoms with E-state index in [9.17, 15) is 0 Å². The van der Waals surface area contributed by atoms with E-state index in [1.807, 2.05) is 30.3 Å². The molecule has 8 aromatic carbocycles. The maximum absolute atomic E-state index is 6.53. The fourth-order valence-electron chi connectivity index (χ4n) is 8.71. The van der Waals surface area contributed by atoms with E-state index in [0.29, 0.717) is 17.6 Å². The molecule has 0 fully saturated rings. The van der Waals surface area contributed by atoms with Gasteiger partial charge in [-0.1, -0.05) is 182 Å². The third kappa shape index (κ3) is 5.20. The van der Waals surface area contributed by atoms with E-state index in [0.717, 1.165) is 60.4 Å². The van der Waals surface area contributed by atoms with Gasteiger partial charge in [-0.15, -0.1) is 0 Å². The molecule has 0 aliphatic rings. The van der Waals surface area contributed by atoms with Crippen LogP contribution in [0, 0.1) is 0 Å². The highest BCUT2D eigenvalue weighted by Gasteiger charge is 2.38. The lowest BCUT2D eigenvalue weighted by atomic mass is 9.65. The maximum atomic E-state index is 6.53. The molecule has 0 atom stereocenters. The van der Waals surface area contributed by atoms with Crippen LogP contribution in [0.15, 0.2) is 211 Å². The van der Waals surface area contributed by atoms with Gasteiger partial charge in [-0.05, 0) is 46.5 Å². The van der Waals surface area contributed by atoms with Gasteiger partial charge in [0.2, 0.25) is 5.95 Å². The van der Waals surface area contributed by atoms with Crippen LogP contribution in [-0.2, 0) is 5.41 Å². The quantitative estimate of drug-likeness (QED) is 0.153. The Balaban J connectivity index is 1.15. The molecule has 5 heteroatoms. The first kappa shape index (κ1) is 32.8. The Morgan fingerprint density at radius 3 is 1.44 bits per heavy atom. The molecule has 3 aromatic heterocycles. The van der Waals surface area contributed by atoms with Crippen molar-refractivity contribution in [1.29, 1.82) is 0 Å². The van der Waals surface area contributed by atoms with Crippen LogP contribution >= 0.6 is 0 Å². The van der Waals surface area contributed by atoms with Gasteiger partial charge >= 0.3 is 0 Å². The van der Waals surface area contributed by atoms with Gasteiger partial charge < -0.3 is 4.42 Å². The van der Waals surface area contributed by atoms with E-state index in [1.165, 1.54) is 16.7 Å². The van der Waals surface area contributed by atoms with Crippen LogP contribution in [0.3, 0.4) is 0 Å². The monoisotopic (exact) mass is 730 g/mol. The number of rotatable bonds is 7. The predicted octanol–water partition coefficient (Wildman–Crippen LogP) is 12.6. The molecular weight excluding hydrogens is 697 g/mol. The van der Waals surface area contributed by atoms with Crippen LogP contribution in [0.1, 0.15) is 22.3 Å². The number of hydrogen-bond donors (Lipinski definition) is 0. The minimum atomic E-state index is -0.572. The summed E-state index contributed by atoms with van der Waals surface area (Å²) in [5, 5.41) is 4.35. The molecule has 0 aliphatic carbocycles. The molecule has 3 heterocycles. The summed E-state index contributed by atoms with van der Waals surface area (Å²) in [5.41, 5.74) is 9.43. The lowest BCUT2D eigenvalue weighted by Crippen LogP contribution is -2.30. The maximum Gasteiger partial charge on any atom is 0.238 e. The second-order valence-electron chi connectivity index (χ2n) is 14.4. The van der Waals surface area contributed by atoms with Gasteiger partial charge in [0.15, 0.2) is 11.6 Å². The summed E-state index contributed by atoms with van der Waals surface area (Å²) in [4.78, 5) is 15.8. The zero-order valence-electron chi connectivity index (χ0n) is 30.8. The van der Waals surface area contributed by atoms with Crippen LogP contribution in [0.25, 0.3) is 72.5 Å². The molecule has 0 saturated carbocycles. The van der Waals surface area contributed by atoms with Crippen LogP contribution < -0.4 is 0 Å². The van der Waals surface area contributed by atoms with Crippen molar-refractivity contribution >= 4 is 43.7 Å². The molecule has 57 heavy (non-hydrogen) atoms. The standard InChI is InChI=1S/C52H34N4O/c1-4-17-36(18-5-1)52(37-19-6-2-7-20-37,38-21-8-3-9-22-38)39-33-31-35(32-34-39)49-53-50(44-27-16-26-43-42-25-12-15-30-47(42)57-48(43)44)55-51(54-49)56-45-28-13-10-23-40(45)41-24-11-14-29-46(41)56/h1-34H. The van der Waals surface area contributed by atoms with Crippen LogP contribution in [0.4, 0.5) is 0 Å². The smallest absolute Gasteiger partial charge is 0.238 e. The number of nitrogens with zero attached hydrogens (tertiary/aromatic N) is 4. The second kappa shape index (κ2) is 13.3. The molecule has 11 rings (SSSR count). The number of aromatic nitrogens is 4. The van der Waals surface area contributed by atoms with Crippen molar-refractivity contribution in [2.75, 3.05) is 0 Å². The molecule has 0 spiro atoms. The van der Waals surface area contributed by atoms with Crippen molar-refractivity contribution in [3.05, 3.63) is 229 Å². The predicted molar refractivity (Wildman–Crippen MR) is 231 cm³/mol. The molecule has 0 N–H and O–H groups in total. The average Bonchev–Trinajstić information content (AvgIpc) is 3.84. The van der Waals surface area contributed by atoms with Crippen LogP contribution in [0.2, 0.25) is 0 Å². The Kier molecular flexibility index (Phi) is 7.64. The summed E-state index contributed by atoms with van der Waals surface area (Å²) in [6.07, 6.45) is 0. The highest BCUT2D eigenvalue weighted by molar-refractivity contribution is 6.10. The number of furan rings is 1. The van der Waals surface area contributed by atoms with E-state index in [1.54, 1.807) is 0 Å². The van der Waals surface area contributed by atoms with Crippen molar-refractivity contribution < 1.29 is 4.42 Å². The van der Waals surface area contributed by atoms with E-state index in [4.69, 9.17) is 19.4 Å². The first-order valence-electron chi connectivity index (χ1n) is 19.2. The number of para-hydroxylation sites is 4. The zero-order chi connectivity index (χ0) is 37.8. The SMILES string of the molecule is c1ccc(C(c2ccccc2)(c2ccccc2)c2ccc(-c3nc(-c4cccc5c4oc4ccccc45)nc(-n4c5ccccc5c5ccccc54)n3)cc2)cc1. The summed E-state index contributed by atoms with van der Waals surface area (Å²) in [7, 11) is 0. The minimum absolute atomic E-state index is 0.539. The fourth-order valence-corrected chi connectivity index (χ4v) is 8.71. The first-order chi connectivity index (χ1) is 28.3. The van der Waals surface area contributed by atoms with Crippen molar-refractivity contribution in [2.45, 2.75) is 5.41 Å². The Hall–Kier alpha value is -7.63. The van der Waals surface area contributed by atoms with E-state index in [2.05, 4.69) is 180 Å². The van der Waals surface area contributed by atoms with Gasteiger partial charge in [0.05, 0.1) is 22.0 Å². The Morgan fingerprint density at radius 1 is 0.368 bits per heavy atom. The van der Waals surface area contributed by atoms with Crippen molar-refractivity contribution in [2.24, 2.45) is 0 Å². The summed E-state index contributed by atoms with van der Waals surface area (Å²) < 4.78 is 8.68. The van der Waals surface area contributed by atoms with Gasteiger partial charge in [0.1, 0.15) is 11.2 Å². The van der Waals surface area contributed by atoms with E-state index < -0.39 is 5.41 Å². The largest absolute Gasteiger partial charge is 0.455 e. The highest BCUT2D eigenvalue weighted by Crippen LogP contribution is 2.45. The van der Waals surface area contributed by atoms with Crippen LogP contribution in [0.5, 0.6) is 0 Å².